The molecule has 2 N–H and O–H groups in total. The van der Waals surface area contributed by atoms with Crippen LogP contribution in [-0.4, -0.2) is 30.7 Å². The number of anilines is 2. The zero-order chi connectivity index (χ0) is 13.5. The largest absolute Gasteiger partial charge is 0.481 e. The summed E-state index contributed by atoms with van der Waals surface area (Å²) in [6.45, 7) is 3.02. The second-order valence-electron chi connectivity index (χ2n) is 5.02. The van der Waals surface area contributed by atoms with E-state index in [4.69, 9.17) is 5.11 Å². The maximum atomic E-state index is 10.4. The van der Waals surface area contributed by atoms with Crippen LogP contribution in [0.4, 0.5) is 11.4 Å². The Morgan fingerprint density at radius 3 is 2.47 bits per heavy atom. The number of carbonyl (C=O) groups is 1. The van der Waals surface area contributed by atoms with Crippen molar-refractivity contribution in [2.75, 3.05) is 29.9 Å². The molecule has 0 unspecified atom stereocenters. The Morgan fingerprint density at radius 1 is 1.16 bits per heavy atom. The van der Waals surface area contributed by atoms with E-state index in [-0.39, 0.29) is 6.42 Å². The molecule has 0 spiro atoms. The highest BCUT2D eigenvalue weighted by Gasteiger charge is 2.10. The zero-order valence-corrected chi connectivity index (χ0v) is 11.3. The fourth-order valence-electron chi connectivity index (χ4n) is 2.41. The molecule has 1 aromatic carbocycles. The summed E-state index contributed by atoms with van der Waals surface area (Å²) in [5, 5.41) is 11.8. The van der Waals surface area contributed by atoms with E-state index in [1.807, 2.05) is 0 Å². The third-order valence-corrected chi connectivity index (χ3v) is 3.49. The van der Waals surface area contributed by atoms with Crippen LogP contribution in [0.25, 0.3) is 0 Å². The number of carboxylic acid groups (broad SMARTS) is 1. The highest BCUT2D eigenvalue weighted by atomic mass is 16.4. The van der Waals surface area contributed by atoms with E-state index in [0.717, 1.165) is 18.8 Å². The Morgan fingerprint density at radius 2 is 1.84 bits per heavy atom. The summed E-state index contributed by atoms with van der Waals surface area (Å²) < 4.78 is 0. The molecular formula is C15H22N2O2. The topological polar surface area (TPSA) is 52.6 Å². The molecule has 0 radical (unpaired) electrons. The first-order valence-electron chi connectivity index (χ1n) is 7.06. The number of benzene rings is 1. The van der Waals surface area contributed by atoms with Crippen molar-refractivity contribution in [3.63, 3.8) is 0 Å². The molecule has 0 saturated carbocycles. The number of nitrogens with one attached hydrogen (secondary N) is 1. The number of carboxylic acids is 1. The monoisotopic (exact) mass is 262 g/mol. The van der Waals surface area contributed by atoms with Gasteiger partial charge in [-0.2, -0.15) is 0 Å². The van der Waals surface area contributed by atoms with E-state index in [1.165, 1.54) is 24.9 Å². The minimum absolute atomic E-state index is 0.221. The van der Waals surface area contributed by atoms with Crippen LogP contribution in [0.3, 0.4) is 0 Å². The van der Waals surface area contributed by atoms with Gasteiger partial charge in [-0.05, 0) is 49.9 Å². The van der Waals surface area contributed by atoms with Gasteiger partial charge < -0.3 is 15.3 Å². The Balaban J connectivity index is 1.79. The van der Waals surface area contributed by atoms with Gasteiger partial charge in [-0.15, -0.1) is 0 Å². The van der Waals surface area contributed by atoms with E-state index < -0.39 is 5.97 Å². The highest BCUT2D eigenvalue weighted by Crippen LogP contribution is 2.21. The van der Waals surface area contributed by atoms with Crippen molar-refractivity contribution in [1.82, 2.24) is 0 Å². The number of piperidine rings is 1. The van der Waals surface area contributed by atoms with E-state index in [9.17, 15) is 4.79 Å². The summed E-state index contributed by atoms with van der Waals surface area (Å²) in [5.41, 5.74) is 2.35. The van der Waals surface area contributed by atoms with Crippen molar-refractivity contribution in [3.8, 4) is 0 Å². The van der Waals surface area contributed by atoms with Gasteiger partial charge in [-0.25, -0.2) is 0 Å². The van der Waals surface area contributed by atoms with Crippen molar-refractivity contribution < 1.29 is 9.90 Å². The molecule has 2 rings (SSSR count). The van der Waals surface area contributed by atoms with E-state index in [1.54, 1.807) is 0 Å². The van der Waals surface area contributed by atoms with Crippen molar-refractivity contribution in [3.05, 3.63) is 24.3 Å². The van der Waals surface area contributed by atoms with Gasteiger partial charge in [0.15, 0.2) is 0 Å². The Labute approximate surface area is 114 Å². The second kappa shape index (κ2) is 7.02. The van der Waals surface area contributed by atoms with Crippen LogP contribution in [-0.2, 0) is 4.79 Å². The van der Waals surface area contributed by atoms with E-state index in [0.29, 0.717) is 13.0 Å². The number of hydrogen-bond acceptors (Lipinski definition) is 3. The summed E-state index contributed by atoms with van der Waals surface area (Å²) in [5.74, 6) is -0.734. The third kappa shape index (κ3) is 4.47. The van der Waals surface area contributed by atoms with Crippen LogP contribution >= 0.6 is 0 Å². The number of hydrogen-bond donors (Lipinski definition) is 2. The van der Waals surface area contributed by atoms with Crippen molar-refractivity contribution in [2.45, 2.75) is 32.1 Å². The van der Waals surface area contributed by atoms with Crippen LogP contribution in [0.15, 0.2) is 24.3 Å². The van der Waals surface area contributed by atoms with Gasteiger partial charge >= 0.3 is 5.97 Å². The van der Waals surface area contributed by atoms with Gasteiger partial charge in [0.05, 0.1) is 0 Å². The molecule has 1 aliphatic rings. The fraction of sp³-hybridized carbons (Fsp3) is 0.533. The molecule has 0 aliphatic carbocycles. The van der Waals surface area contributed by atoms with E-state index >= 15 is 0 Å². The van der Waals surface area contributed by atoms with Gasteiger partial charge in [-0.3, -0.25) is 4.79 Å². The third-order valence-electron chi connectivity index (χ3n) is 3.49. The molecule has 0 aromatic heterocycles. The average Bonchev–Trinajstić information content (AvgIpc) is 2.45. The molecule has 4 heteroatoms. The molecular weight excluding hydrogens is 240 g/mol. The summed E-state index contributed by atoms with van der Waals surface area (Å²) >= 11 is 0. The molecule has 0 atom stereocenters. The molecule has 1 heterocycles. The molecule has 0 bridgehead atoms. The van der Waals surface area contributed by atoms with E-state index in [2.05, 4.69) is 34.5 Å². The molecule has 0 amide bonds. The molecule has 104 valence electrons. The lowest BCUT2D eigenvalue weighted by atomic mass is 10.1. The Kier molecular flexibility index (Phi) is 5.07. The predicted octanol–water partition coefficient (Wildman–Crippen LogP) is 2.95. The summed E-state index contributed by atoms with van der Waals surface area (Å²) in [6.07, 6.45) is 4.80. The lowest BCUT2D eigenvalue weighted by Crippen LogP contribution is -2.29. The van der Waals surface area contributed by atoms with Crippen molar-refractivity contribution >= 4 is 17.3 Å². The van der Waals surface area contributed by atoms with Gasteiger partial charge in [-0.1, -0.05) is 0 Å². The van der Waals surface area contributed by atoms with Gasteiger partial charge in [0, 0.05) is 37.4 Å². The predicted molar refractivity (Wildman–Crippen MR) is 77.9 cm³/mol. The standard InChI is InChI=1S/C15H22N2O2/c18-15(19)5-4-10-16-13-6-8-14(9-7-13)17-11-2-1-3-12-17/h6-9,16H,1-5,10-12H2,(H,18,19). The highest BCUT2D eigenvalue weighted by molar-refractivity contribution is 5.66. The second-order valence-corrected chi connectivity index (χ2v) is 5.02. The first-order valence-corrected chi connectivity index (χ1v) is 7.06. The van der Waals surface area contributed by atoms with Crippen molar-refractivity contribution in [2.24, 2.45) is 0 Å². The normalized spacial score (nSPS) is 15.3. The summed E-state index contributed by atoms with van der Waals surface area (Å²) in [7, 11) is 0. The zero-order valence-electron chi connectivity index (χ0n) is 11.3. The SMILES string of the molecule is O=C(O)CCCNc1ccc(N2CCCCC2)cc1. The summed E-state index contributed by atoms with van der Waals surface area (Å²) in [6, 6.07) is 8.44. The van der Waals surface area contributed by atoms with Crippen LogP contribution < -0.4 is 10.2 Å². The van der Waals surface area contributed by atoms with Gasteiger partial charge in [0.2, 0.25) is 0 Å². The quantitative estimate of drug-likeness (QED) is 0.774. The molecule has 19 heavy (non-hydrogen) atoms. The lowest BCUT2D eigenvalue weighted by Gasteiger charge is -2.28. The minimum Gasteiger partial charge on any atom is -0.481 e. The fourth-order valence-corrected chi connectivity index (χ4v) is 2.41. The summed E-state index contributed by atoms with van der Waals surface area (Å²) in [4.78, 5) is 12.8. The maximum absolute atomic E-state index is 10.4. The molecule has 1 aromatic rings. The van der Waals surface area contributed by atoms with Crippen molar-refractivity contribution in [1.29, 1.82) is 0 Å². The lowest BCUT2D eigenvalue weighted by molar-refractivity contribution is -0.137. The Hall–Kier alpha value is -1.71. The van der Waals surface area contributed by atoms with Crippen LogP contribution in [0, 0.1) is 0 Å². The smallest absolute Gasteiger partial charge is 0.303 e. The molecule has 1 saturated heterocycles. The molecule has 1 aliphatic heterocycles. The van der Waals surface area contributed by atoms with Gasteiger partial charge in [0.1, 0.15) is 0 Å². The Bertz CT molecular complexity index is 397. The maximum Gasteiger partial charge on any atom is 0.303 e. The first-order chi connectivity index (χ1) is 9.25. The van der Waals surface area contributed by atoms with Crippen LogP contribution in [0.2, 0.25) is 0 Å². The minimum atomic E-state index is -0.734. The number of nitrogens with zero attached hydrogens (tertiary/aromatic N) is 1. The van der Waals surface area contributed by atoms with Gasteiger partial charge in [0.25, 0.3) is 0 Å². The number of rotatable bonds is 6. The average molecular weight is 262 g/mol. The first kappa shape index (κ1) is 13.7. The molecule has 1 fully saturated rings. The van der Waals surface area contributed by atoms with Crippen LogP contribution in [0.5, 0.6) is 0 Å². The number of aliphatic carboxylic acids is 1. The molecule has 4 nitrogen and oxygen atoms in total. The van der Waals surface area contributed by atoms with Crippen LogP contribution in [0.1, 0.15) is 32.1 Å².